The zero-order valence-electron chi connectivity index (χ0n) is 11.3. The standard InChI is InChI=1S/C16H17Cl2N/c1-10-4-11(2)16(12(3)5-10)9-19-15-7-13(17)6-14(18)8-15/h4-8,19H,9H2,1-3H3. The quantitative estimate of drug-likeness (QED) is 0.784. The Bertz CT molecular complexity index is 562. The maximum atomic E-state index is 5.99. The molecular formula is C16H17Cl2N. The highest BCUT2D eigenvalue weighted by molar-refractivity contribution is 6.35. The first-order chi connectivity index (χ1) is 8.95. The SMILES string of the molecule is Cc1cc(C)c(CNc2cc(Cl)cc(Cl)c2)c(C)c1. The Kier molecular flexibility index (Phi) is 4.38. The Labute approximate surface area is 124 Å². The van der Waals surface area contributed by atoms with Gasteiger partial charge in [0.2, 0.25) is 0 Å². The highest BCUT2D eigenvalue weighted by atomic mass is 35.5. The number of halogens is 2. The molecule has 3 heteroatoms. The molecule has 0 heterocycles. The van der Waals surface area contributed by atoms with Crippen molar-refractivity contribution in [1.29, 1.82) is 0 Å². The predicted octanol–water partition coefficient (Wildman–Crippen LogP) is 5.53. The molecule has 0 saturated carbocycles. The molecule has 2 aromatic carbocycles. The van der Waals surface area contributed by atoms with E-state index >= 15 is 0 Å². The van der Waals surface area contributed by atoms with Crippen LogP contribution in [0.15, 0.2) is 30.3 Å². The Balaban J connectivity index is 2.19. The van der Waals surface area contributed by atoms with E-state index in [-0.39, 0.29) is 0 Å². The number of hydrogen-bond acceptors (Lipinski definition) is 1. The molecule has 0 bridgehead atoms. The third-order valence-corrected chi connectivity index (χ3v) is 3.61. The zero-order valence-corrected chi connectivity index (χ0v) is 12.9. The summed E-state index contributed by atoms with van der Waals surface area (Å²) in [7, 11) is 0. The van der Waals surface area contributed by atoms with E-state index < -0.39 is 0 Å². The van der Waals surface area contributed by atoms with Gasteiger partial charge < -0.3 is 5.32 Å². The summed E-state index contributed by atoms with van der Waals surface area (Å²) in [5, 5.41) is 4.67. The molecule has 1 N–H and O–H groups in total. The number of anilines is 1. The minimum absolute atomic E-state index is 0.646. The number of rotatable bonds is 3. The van der Waals surface area contributed by atoms with Crippen LogP contribution in [0.1, 0.15) is 22.3 Å². The molecule has 0 amide bonds. The van der Waals surface area contributed by atoms with Crippen molar-refractivity contribution in [2.45, 2.75) is 27.3 Å². The van der Waals surface area contributed by atoms with Gasteiger partial charge in [0.1, 0.15) is 0 Å². The van der Waals surface area contributed by atoms with E-state index in [0.29, 0.717) is 10.0 Å². The Morgan fingerprint density at radius 2 is 1.37 bits per heavy atom. The van der Waals surface area contributed by atoms with Crippen LogP contribution >= 0.6 is 23.2 Å². The van der Waals surface area contributed by atoms with Crippen LogP contribution in [-0.4, -0.2) is 0 Å². The fraction of sp³-hybridized carbons (Fsp3) is 0.250. The molecule has 0 fully saturated rings. The van der Waals surface area contributed by atoms with E-state index in [9.17, 15) is 0 Å². The first-order valence-corrected chi connectivity index (χ1v) is 6.98. The van der Waals surface area contributed by atoms with E-state index in [1.807, 2.05) is 12.1 Å². The topological polar surface area (TPSA) is 12.0 Å². The molecule has 0 aliphatic rings. The van der Waals surface area contributed by atoms with Crippen molar-refractivity contribution in [3.05, 3.63) is 62.6 Å². The van der Waals surface area contributed by atoms with Gasteiger partial charge in [-0.2, -0.15) is 0 Å². The van der Waals surface area contributed by atoms with Crippen LogP contribution in [0.25, 0.3) is 0 Å². The van der Waals surface area contributed by atoms with Gasteiger partial charge >= 0.3 is 0 Å². The third kappa shape index (κ3) is 3.65. The normalized spacial score (nSPS) is 10.6. The lowest BCUT2D eigenvalue weighted by Gasteiger charge is -2.13. The molecular weight excluding hydrogens is 277 g/mol. The molecule has 100 valence electrons. The van der Waals surface area contributed by atoms with Crippen LogP contribution in [0.3, 0.4) is 0 Å². The maximum Gasteiger partial charge on any atom is 0.0441 e. The van der Waals surface area contributed by atoms with Crippen LogP contribution in [0.2, 0.25) is 10.0 Å². The summed E-state index contributed by atoms with van der Waals surface area (Å²) in [5.41, 5.74) is 6.17. The first kappa shape index (κ1) is 14.2. The van der Waals surface area contributed by atoms with Gasteiger partial charge in [-0.25, -0.2) is 0 Å². The molecule has 0 aliphatic carbocycles. The van der Waals surface area contributed by atoms with Crippen LogP contribution in [0, 0.1) is 20.8 Å². The lowest BCUT2D eigenvalue weighted by atomic mass is 10.00. The summed E-state index contributed by atoms with van der Waals surface area (Å²) in [5.74, 6) is 0. The lowest BCUT2D eigenvalue weighted by molar-refractivity contribution is 1.08. The van der Waals surface area contributed by atoms with Crippen molar-refractivity contribution >= 4 is 28.9 Å². The summed E-state index contributed by atoms with van der Waals surface area (Å²) < 4.78 is 0. The Morgan fingerprint density at radius 3 is 1.89 bits per heavy atom. The average molecular weight is 294 g/mol. The monoisotopic (exact) mass is 293 g/mol. The average Bonchev–Trinajstić information content (AvgIpc) is 2.25. The highest BCUT2D eigenvalue weighted by Crippen LogP contribution is 2.24. The van der Waals surface area contributed by atoms with Crippen LogP contribution in [-0.2, 0) is 6.54 Å². The predicted molar refractivity (Wildman–Crippen MR) is 84.4 cm³/mol. The van der Waals surface area contributed by atoms with Gasteiger partial charge in [-0.3, -0.25) is 0 Å². The number of benzene rings is 2. The van der Waals surface area contributed by atoms with E-state index in [0.717, 1.165) is 12.2 Å². The second-order valence-electron chi connectivity index (χ2n) is 4.89. The number of aryl methyl sites for hydroxylation is 3. The van der Waals surface area contributed by atoms with Crippen molar-refractivity contribution in [2.75, 3.05) is 5.32 Å². The van der Waals surface area contributed by atoms with Crippen molar-refractivity contribution in [2.24, 2.45) is 0 Å². The summed E-state index contributed by atoms with van der Waals surface area (Å²) in [6, 6.07) is 9.90. The second-order valence-corrected chi connectivity index (χ2v) is 5.76. The summed E-state index contributed by atoms with van der Waals surface area (Å²) in [6.07, 6.45) is 0. The van der Waals surface area contributed by atoms with Crippen molar-refractivity contribution in [3.63, 3.8) is 0 Å². The van der Waals surface area contributed by atoms with Gasteiger partial charge in [-0.05, 0) is 55.7 Å². The Hall–Kier alpha value is -1.18. The maximum absolute atomic E-state index is 5.99. The molecule has 0 radical (unpaired) electrons. The fourth-order valence-electron chi connectivity index (χ4n) is 2.34. The van der Waals surface area contributed by atoms with E-state index in [2.05, 4.69) is 38.2 Å². The molecule has 1 nitrogen and oxygen atoms in total. The van der Waals surface area contributed by atoms with Crippen LogP contribution < -0.4 is 5.32 Å². The van der Waals surface area contributed by atoms with Gasteiger partial charge in [-0.15, -0.1) is 0 Å². The molecule has 2 aromatic rings. The van der Waals surface area contributed by atoms with E-state index in [4.69, 9.17) is 23.2 Å². The fourth-order valence-corrected chi connectivity index (χ4v) is 2.86. The molecule has 0 spiro atoms. The molecule has 0 aliphatic heterocycles. The minimum Gasteiger partial charge on any atom is -0.381 e. The lowest BCUT2D eigenvalue weighted by Crippen LogP contribution is -2.04. The number of nitrogens with one attached hydrogen (secondary N) is 1. The summed E-state index contributed by atoms with van der Waals surface area (Å²) in [6.45, 7) is 7.17. The smallest absolute Gasteiger partial charge is 0.0441 e. The van der Waals surface area contributed by atoms with E-state index in [1.165, 1.54) is 22.3 Å². The van der Waals surface area contributed by atoms with Gasteiger partial charge in [0.05, 0.1) is 0 Å². The van der Waals surface area contributed by atoms with Crippen molar-refractivity contribution in [1.82, 2.24) is 0 Å². The summed E-state index contributed by atoms with van der Waals surface area (Å²) >= 11 is 12.0. The van der Waals surface area contributed by atoms with Gasteiger partial charge in [0.15, 0.2) is 0 Å². The van der Waals surface area contributed by atoms with Crippen LogP contribution in [0.5, 0.6) is 0 Å². The van der Waals surface area contributed by atoms with Gasteiger partial charge in [0, 0.05) is 22.3 Å². The largest absolute Gasteiger partial charge is 0.381 e. The van der Waals surface area contributed by atoms with E-state index in [1.54, 1.807) is 6.07 Å². The molecule has 0 atom stereocenters. The Morgan fingerprint density at radius 1 is 0.842 bits per heavy atom. The molecule has 2 rings (SSSR count). The first-order valence-electron chi connectivity index (χ1n) is 6.22. The number of hydrogen-bond donors (Lipinski definition) is 1. The zero-order chi connectivity index (χ0) is 14.0. The third-order valence-electron chi connectivity index (χ3n) is 3.17. The van der Waals surface area contributed by atoms with Gasteiger partial charge in [0.25, 0.3) is 0 Å². The second kappa shape index (κ2) is 5.85. The van der Waals surface area contributed by atoms with Gasteiger partial charge in [-0.1, -0.05) is 40.9 Å². The molecule has 0 aromatic heterocycles. The van der Waals surface area contributed by atoms with Crippen molar-refractivity contribution in [3.8, 4) is 0 Å². The molecule has 0 unspecified atom stereocenters. The van der Waals surface area contributed by atoms with Crippen LogP contribution in [0.4, 0.5) is 5.69 Å². The minimum atomic E-state index is 0.646. The molecule has 0 saturated heterocycles. The molecule has 19 heavy (non-hydrogen) atoms. The van der Waals surface area contributed by atoms with Crippen molar-refractivity contribution < 1.29 is 0 Å². The summed E-state index contributed by atoms with van der Waals surface area (Å²) in [4.78, 5) is 0. The highest BCUT2D eigenvalue weighted by Gasteiger charge is 2.04.